The van der Waals surface area contributed by atoms with Crippen LogP contribution in [-0.2, 0) is 6.42 Å². The maximum absolute atomic E-state index is 3.76. The van der Waals surface area contributed by atoms with E-state index in [2.05, 4.69) is 51.2 Å². The quantitative estimate of drug-likeness (QED) is 0.795. The number of rotatable bonds is 3. The van der Waals surface area contributed by atoms with Crippen LogP contribution in [0.3, 0.4) is 0 Å². The predicted molar refractivity (Wildman–Crippen MR) is 80.2 cm³/mol. The van der Waals surface area contributed by atoms with E-state index in [-0.39, 0.29) is 0 Å². The SMILES string of the molecule is CCc1ccc(NC2CCCCC2(C)C)cc1C. The van der Waals surface area contributed by atoms with Crippen LogP contribution in [-0.4, -0.2) is 6.04 Å². The van der Waals surface area contributed by atoms with Gasteiger partial charge in [0.05, 0.1) is 0 Å². The summed E-state index contributed by atoms with van der Waals surface area (Å²) in [5, 5.41) is 3.76. The molecule has 1 heteroatoms. The largest absolute Gasteiger partial charge is 0.382 e. The van der Waals surface area contributed by atoms with Gasteiger partial charge in [0, 0.05) is 11.7 Å². The average molecular weight is 245 g/mol. The Bertz CT molecular complexity index is 406. The fourth-order valence-electron chi connectivity index (χ4n) is 3.15. The molecule has 1 aliphatic carbocycles. The summed E-state index contributed by atoms with van der Waals surface area (Å²) in [4.78, 5) is 0. The van der Waals surface area contributed by atoms with Gasteiger partial charge >= 0.3 is 0 Å². The third kappa shape index (κ3) is 2.88. The van der Waals surface area contributed by atoms with E-state index >= 15 is 0 Å². The molecule has 0 spiro atoms. The molecule has 0 bridgehead atoms. The Morgan fingerprint density at radius 1 is 1.28 bits per heavy atom. The number of hydrogen-bond acceptors (Lipinski definition) is 1. The van der Waals surface area contributed by atoms with Gasteiger partial charge in [-0.3, -0.25) is 0 Å². The van der Waals surface area contributed by atoms with Crippen molar-refractivity contribution in [2.45, 2.75) is 65.8 Å². The summed E-state index contributed by atoms with van der Waals surface area (Å²) in [5.74, 6) is 0. The maximum atomic E-state index is 3.76. The molecular weight excluding hydrogens is 218 g/mol. The van der Waals surface area contributed by atoms with E-state index in [1.54, 1.807) is 0 Å². The van der Waals surface area contributed by atoms with Crippen LogP contribution in [0, 0.1) is 12.3 Å². The summed E-state index contributed by atoms with van der Waals surface area (Å²) in [5.41, 5.74) is 4.60. The van der Waals surface area contributed by atoms with E-state index in [1.165, 1.54) is 42.5 Å². The molecule has 2 rings (SSSR count). The molecule has 0 aromatic heterocycles. The molecular formula is C17H27N. The molecule has 0 aliphatic heterocycles. The molecule has 0 radical (unpaired) electrons. The van der Waals surface area contributed by atoms with Gasteiger partial charge in [-0.15, -0.1) is 0 Å². The van der Waals surface area contributed by atoms with Crippen LogP contribution in [0.25, 0.3) is 0 Å². The lowest BCUT2D eigenvalue weighted by atomic mass is 9.73. The zero-order valence-corrected chi connectivity index (χ0v) is 12.3. The lowest BCUT2D eigenvalue weighted by Crippen LogP contribution is -2.38. The van der Waals surface area contributed by atoms with Gasteiger partial charge in [-0.25, -0.2) is 0 Å². The Hall–Kier alpha value is -0.980. The van der Waals surface area contributed by atoms with Gasteiger partial charge < -0.3 is 5.32 Å². The van der Waals surface area contributed by atoms with Gasteiger partial charge in [0.25, 0.3) is 0 Å². The topological polar surface area (TPSA) is 12.0 Å². The number of aryl methyl sites for hydroxylation is 2. The lowest BCUT2D eigenvalue weighted by molar-refractivity contribution is 0.217. The summed E-state index contributed by atoms with van der Waals surface area (Å²) in [6.45, 7) is 9.24. The molecule has 0 heterocycles. The highest BCUT2D eigenvalue weighted by Crippen LogP contribution is 2.37. The van der Waals surface area contributed by atoms with Crippen LogP contribution in [0.1, 0.15) is 57.6 Å². The van der Waals surface area contributed by atoms with Crippen molar-refractivity contribution in [3.8, 4) is 0 Å². The van der Waals surface area contributed by atoms with E-state index < -0.39 is 0 Å². The Morgan fingerprint density at radius 2 is 2.06 bits per heavy atom. The monoisotopic (exact) mass is 245 g/mol. The van der Waals surface area contributed by atoms with E-state index in [4.69, 9.17) is 0 Å². The van der Waals surface area contributed by atoms with Crippen LogP contribution in [0.5, 0.6) is 0 Å². The summed E-state index contributed by atoms with van der Waals surface area (Å²) in [6.07, 6.45) is 6.53. The Labute approximate surface area is 112 Å². The highest BCUT2D eigenvalue weighted by molar-refractivity contribution is 5.49. The first-order valence-electron chi connectivity index (χ1n) is 7.39. The van der Waals surface area contributed by atoms with Crippen molar-refractivity contribution in [2.24, 2.45) is 5.41 Å². The van der Waals surface area contributed by atoms with Crippen LogP contribution < -0.4 is 5.32 Å². The summed E-state index contributed by atoms with van der Waals surface area (Å²) >= 11 is 0. The molecule has 1 aromatic rings. The molecule has 1 N–H and O–H groups in total. The Morgan fingerprint density at radius 3 is 2.67 bits per heavy atom. The molecule has 1 saturated carbocycles. The highest BCUT2D eigenvalue weighted by atomic mass is 14.9. The third-order valence-corrected chi connectivity index (χ3v) is 4.57. The second-order valence-electron chi connectivity index (χ2n) is 6.43. The van der Waals surface area contributed by atoms with Crippen molar-refractivity contribution >= 4 is 5.69 Å². The average Bonchev–Trinajstić information content (AvgIpc) is 2.32. The highest BCUT2D eigenvalue weighted by Gasteiger charge is 2.31. The first kappa shape index (κ1) is 13.5. The Balaban J connectivity index is 2.11. The minimum absolute atomic E-state index is 0.426. The molecule has 1 fully saturated rings. The molecule has 1 atom stereocenters. The van der Waals surface area contributed by atoms with Crippen LogP contribution >= 0.6 is 0 Å². The third-order valence-electron chi connectivity index (χ3n) is 4.57. The molecule has 1 aliphatic rings. The Kier molecular flexibility index (Phi) is 3.99. The second-order valence-corrected chi connectivity index (χ2v) is 6.43. The maximum Gasteiger partial charge on any atom is 0.0345 e. The normalized spacial score (nSPS) is 22.8. The fraction of sp³-hybridized carbons (Fsp3) is 0.647. The molecule has 1 aromatic carbocycles. The van der Waals surface area contributed by atoms with Crippen molar-refractivity contribution in [3.05, 3.63) is 29.3 Å². The van der Waals surface area contributed by atoms with Crippen LogP contribution in [0.2, 0.25) is 0 Å². The van der Waals surface area contributed by atoms with Crippen molar-refractivity contribution in [1.29, 1.82) is 0 Å². The van der Waals surface area contributed by atoms with Gasteiger partial charge in [0.15, 0.2) is 0 Å². The summed E-state index contributed by atoms with van der Waals surface area (Å²) < 4.78 is 0. The number of benzene rings is 1. The number of hydrogen-bond donors (Lipinski definition) is 1. The zero-order chi connectivity index (χ0) is 13.2. The second kappa shape index (κ2) is 5.34. The molecule has 18 heavy (non-hydrogen) atoms. The van der Waals surface area contributed by atoms with Crippen molar-refractivity contribution in [2.75, 3.05) is 5.32 Å². The summed E-state index contributed by atoms with van der Waals surface area (Å²) in [7, 11) is 0. The van der Waals surface area contributed by atoms with Crippen LogP contribution in [0.15, 0.2) is 18.2 Å². The van der Waals surface area contributed by atoms with Gasteiger partial charge in [-0.2, -0.15) is 0 Å². The van der Waals surface area contributed by atoms with Crippen molar-refractivity contribution in [3.63, 3.8) is 0 Å². The minimum atomic E-state index is 0.426. The minimum Gasteiger partial charge on any atom is -0.382 e. The number of anilines is 1. The van der Waals surface area contributed by atoms with Crippen molar-refractivity contribution < 1.29 is 0 Å². The molecule has 100 valence electrons. The van der Waals surface area contributed by atoms with Gasteiger partial charge in [0.2, 0.25) is 0 Å². The lowest BCUT2D eigenvalue weighted by Gasteiger charge is -2.39. The molecule has 1 unspecified atom stereocenters. The summed E-state index contributed by atoms with van der Waals surface area (Å²) in [6, 6.07) is 7.45. The fourth-order valence-corrected chi connectivity index (χ4v) is 3.15. The first-order valence-corrected chi connectivity index (χ1v) is 7.39. The number of nitrogens with one attached hydrogen (secondary N) is 1. The smallest absolute Gasteiger partial charge is 0.0345 e. The standard InChI is InChI=1S/C17H27N/c1-5-14-9-10-15(12-13(14)2)18-16-8-6-7-11-17(16,3)4/h9-10,12,16,18H,5-8,11H2,1-4H3. The van der Waals surface area contributed by atoms with Gasteiger partial charge in [-0.1, -0.05) is 39.7 Å². The van der Waals surface area contributed by atoms with Crippen molar-refractivity contribution in [1.82, 2.24) is 0 Å². The van der Waals surface area contributed by atoms with E-state index in [9.17, 15) is 0 Å². The van der Waals surface area contributed by atoms with E-state index in [0.29, 0.717) is 11.5 Å². The van der Waals surface area contributed by atoms with Gasteiger partial charge in [0.1, 0.15) is 0 Å². The predicted octanol–water partition coefficient (Wildman–Crippen LogP) is 4.94. The van der Waals surface area contributed by atoms with Crippen LogP contribution in [0.4, 0.5) is 5.69 Å². The van der Waals surface area contributed by atoms with Gasteiger partial charge in [-0.05, 0) is 54.9 Å². The van der Waals surface area contributed by atoms with E-state index in [0.717, 1.165) is 6.42 Å². The van der Waals surface area contributed by atoms with E-state index in [1.807, 2.05) is 0 Å². The molecule has 0 saturated heterocycles. The molecule has 1 nitrogen and oxygen atoms in total. The molecule has 0 amide bonds. The first-order chi connectivity index (χ1) is 8.53. The zero-order valence-electron chi connectivity index (χ0n) is 12.3.